The average Bonchev–Trinajstić information content (AvgIpc) is 3.03. The quantitative estimate of drug-likeness (QED) is 0.638. The van der Waals surface area contributed by atoms with Gasteiger partial charge in [-0.05, 0) is 31.1 Å². The van der Waals surface area contributed by atoms with E-state index in [2.05, 4.69) is 12.2 Å². The molecule has 1 fully saturated rings. The van der Waals surface area contributed by atoms with Crippen LogP contribution in [0, 0.1) is 0 Å². The van der Waals surface area contributed by atoms with Crippen LogP contribution in [0.5, 0.6) is 0 Å². The number of carboxylic acids is 1. The monoisotopic (exact) mass is 373 g/mol. The van der Waals surface area contributed by atoms with Gasteiger partial charge in [-0.2, -0.15) is 0 Å². The van der Waals surface area contributed by atoms with E-state index in [9.17, 15) is 9.59 Å². The number of aliphatic carboxylic acids is 1. The van der Waals surface area contributed by atoms with Crippen molar-refractivity contribution in [3.05, 3.63) is 58.4 Å². The SMILES string of the molecule is CC1=CC=C(c2ccc(/C=C3\SC(=S)N(CC(=O)O)C3=O)o2)CC=C1. The third-order valence-corrected chi connectivity index (χ3v) is 5.03. The number of hydrogen-bond donors (Lipinski definition) is 1. The molecule has 7 heteroatoms. The predicted molar refractivity (Wildman–Crippen MR) is 102 cm³/mol. The van der Waals surface area contributed by atoms with Gasteiger partial charge in [0.1, 0.15) is 22.4 Å². The van der Waals surface area contributed by atoms with Crippen LogP contribution in [0.4, 0.5) is 0 Å². The molecule has 1 amide bonds. The molecule has 0 saturated carbocycles. The molecule has 3 rings (SSSR count). The molecule has 2 heterocycles. The molecule has 0 radical (unpaired) electrons. The first-order valence-corrected chi connectivity index (χ1v) is 8.78. The summed E-state index contributed by atoms with van der Waals surface area (Å²) in [4.78, 5) is 24.5. The lowest BCUT2D eigenvalue weighted by Gasteiger charge is -2.09. The normalized spacial score (nSPS) is 19.2. The van der Waals surface area contributed by atoms with Crippen molar-refractivity contribution in [2.75, 3.05) is 6.54 Å². The van der Waals surface area contributed by atoms with Gasteiger partial charge in [0, 0.05) is 6.08 Å². The highest BCUT2D eigenvalue weighted by Crippen LogP contribution is 2.33. The minimum atomic E-state index is -1.10. The van der Waals surface area contributed by atoms with E-state index in [1.165, 1.54) is 5.57 Å². The van der Waals surface area contributed by atoms with Gasteiger partial charge in [0.15, 0.2) is 0 Å². The highest BCUT2D eigenvalue weighted by Gasteiger charge is 2.33. The van der Waals surface area contributed by atoms with Gasteiger partial charge in [0.2, 0.25) is 0 Å². The van der Waals surface area contributed by atoms with E-state index in [1.807, 2.05) is 25.1 Å². The van der Waals surface area contributed by atoms with E-state index in [4.69, 9.17) is 21.7 Å². The van der Waals surface area contributed by atoms with Crippen LogP contribution >= 0.6 is 24.0 Å². The molecular formula is C18H15NO4S2. The maximum atomic E-state index is 12.3. The Bertz CT molecular complexity index is 873. The largest absolute Gasteiger partial charge is 0.480 e. The van der Waals surface area contributed by atoms with E-state index in [0.29, 0.717) is 10.7 Å². The number of hydrogen-bond acceptors (Lipinski definition) is 5. The van der Waals surface area contributed by atoms with Crippen LogP contribution in [-0.2, 0) is 9.59 Å². The number of carbonyl (C=O) groups excluding carboxylic acids is 1. The second kappa shape index (κ2) is 7.25. The van der Waals surface area contributed by atoms with Crippen LogP contribution in [0.25, 0.3) is 11.6 Å². The Morgan fingerprint density at radius 3 is 3.00 bits per heavy atom. The summed E-state index contributed by atoms with van der Waals surface area (Å²) in [6.45, 7) is 1.60. The van der Waals surface area contributed by atoms with Crippen molar-refractivity contribution in [1.82, 2.24) is 4.90 Å². The lowest BCUT2D eigenvalue weighted by molar-refractivity contribution is -0.140. The van der Waals surface area contributed by atoms with Gasteiger partial charge in [0.25, 0.3) is 5.91 Å². The molecular weight excluding hydrogens is 358 g/mol. The fraction of sp³-hybridized carbons (Fsp3) is 0.167. The summed E-state index contributed by atoms with van der Waals surface area (Å²) in [6.07, 6.45) is 10.5. The fourth-order valence-electron chi connectivity index (χ4n) is 2.41. The van der Waals surface area contributed by atoms with E-state index >= 15 is 0 Å². The Balaban J connectivity index is 1.81. The van der Waals surface area contributed by atoms with Gasteiger partial charge in [-0.3, -0.25) is 14.5 Å². The molecule has 1 aliphatic heterocycles. The molecule has 0 atom stereocenters. The van der Waals surface area contributed by atoms with E-state index in [0.717, 1.165) is 34.4 Å². The van der Waals surface area contributed by atoms with Crippen molar-refractivity contribution >= 4 is 51.8 Å². The van der Waals surface area contributed by atoms with Crippen LogP contribution in [0.3, 0.4) is 0 Å². The van der Waals surface area contributed by atoms with Crippen LogP contribution in [0.15, 0.2) is 51.3 Å². The average molecular weight is 373 g/mol. The zero-order valence-electron chi connectivity index (χ0n) is 13.4. The third kappa shape index (κ3) is 4.00. The van der Waals surface area contributed by atoms with Crippen LogP contribution in [-0.4, -0.2) is 32.7 Å². The summed E-state index contributed by atoms with van der Waals surface area (Å²) >= 11 is 6.15. The lowest BCUT2D eigenvalue weighted by Crippen LogP contribution is -2.33. The molecule has 0 bridgehead atoms. The smallest absolute Gasteiger partial charge is 0.323 e. The molecule has 0 aromatic carbocycles. The standard InChI is InChI=1S/C18H15NO4S2/c1-11-3-2-4-12(6-5-11)14-8-7-13(23-14)9-15-17(22)19(10-16(20)21)18(24)25-15/h2-3,5-9H,4,10H2,1H3,(H,20,21)/b15-9-. The maximum Gasteiger partial charge on any atom is 0.323 e. The number of allylic oxidation sites excluding steroid dienone is 6. The predicted octanol–water partition coefficient (Wildman–Crippen LogP) is 3.86. The van der Waals surface area contributed by atoms with E-state index < -0.39 is 18.4 Å². The third-order valence-electron chi connectivity index (χ3n) is 3.65. The number of carboxylic acid groups (broad SMARTS) is 1. The number of rotatable bonds is 4. The van der Waals surface area contributed by atoms with Crippen LogP contribution in [0.2, 0.25) is 0 Å². The van der Waals surface area contributed by atoms with Gasteiger partial charge in [-0.15, -0.1) is 0 Å². The molecule has 128 valence electrons. The van der Waals surface area contributed by atoms with E-state index in [-0.39, 0.29) is 4.32 Å². The number of carbonyl (C=O) groups is 2. The van der Waals surface area contributed by atoms with Crippen molar-refractivity contribution in [3.8, 4) is 0 Å². The zero-order chi connectivity index (χ0) is 18.0. The Morgan fingerprint density at radius 1 is 1.44 bits per heavy atom. The molecule has 0 spiro atoms. The summed E-state index contributed by atoms with van der Waals surface area (Å²) in [6, 6.07) is 3.64. The molecule has 1 N–H and O–H groups in total. The number of thiocarbonyl (C=S) groups is 1. The van der Waals surface area contributed by atoms with Crippen molar-refractivity contribution in [3.63, 3.8) is 0 Å². The highest BCUT2D eigenvalue weighted by molar-refractivity contribution is 8.26. The Labute approximate surface area is 154 Å². The van der Waals surface area contributed by atoms with Crippen molar-refractivity contribution in [2.45, 2.75) is 13.3 Å². The first kappa shape index (κ1) is 17.4. The van der Waals surface area contributed by atoms with Gasteiger partial charge in [0.05, 0.1) is 4.91 Å². The summed E-state index contributed by atoms with van der Waals surface area (Å²) in [5.74, 6) is -0.247. The number of furan rings is 1. The van der Waals surface area contributed by atoms with Gasteiger partial charge >= 0.3 is 5.97 Å². The van der Waals surface area contributed by atoms with Crippen LogP contribution < -0.4 is 0 Å². The Hall–Kier alpha value is -2.38. The molecule has 1 aromatic rings. The highest BCUT2D eigenvalue weighted by atomic mass is 32.2. The van der Waals surface area contributed by atoms with Crippen molar-refractivity contribution in [2.24, 2.45) is 0 Å². The second-order valence-electron chi connectivity index (χ2n) is 5.57. The van der Waals surface area contributed by atoms with Gasteiger partial charge < -0.3 is 9.52 Å². The van der Waals surface area contributed by atoms with Crippen molar-refractivity contribution < 1.29 is 19.1 Å². The number of nitrogens with zero attached hydrogens (tertiary/aromatic N) is 1. The summed E-state index contributed by atoms with van der Waals surface area (Å²) < 4.78 is 6.06. The first-order chi connectivity index (χ1) is 11.9. The minimum absolute atomic E-state index is 0.239. The first-order valence-electron chi connectivity index (χ1n) is 7.55. The molecule has 5 nitrogen and oxygen atoms in total. The number of thioether (sulfide) groups is 1. The van der Waals surface area contributed by atoms with Gasteiger partial charge in [-0.1, -0.05) is 53.9 Å². The summed E-state index contributed by atoms with van der Waals surface area (Å²) in [5.41, 5.74) is 2.22. The van der Waals surface area contributed by atoms with Gasteiger partial charge in [-0.25, -0.2) is 0 Å². The fourth-order valence-corrected chi connectivity index (χ4v) is 3.65. The molecule has 1 aliphatic carbocycles. The molecule has 1 saturated heterocycles. The molecule has 2 aliphatic rings. The van der Waals surface area contributed by atoms with Crippen LogP contribution in [0.1, 0.15) is 24.9 Å². The Kier molecular flexibility index (Phi) is 5.06. The topological polar surface area (TPSA) is 70.8 Å². The summed E-state index contributed by atoms with van der Waals surface area (Å²) in [5, 5.41) is 8.86. The Morgan fingerprint density at radius 2 is 2.24 bits per heavy atom. The minimum Gasteiger partial charge on any atom is -0.480 e. The summed E-state index contributed by atoms with van der Waals surface area (Å²) in [7, 11) is 0. The maximum absolute atomic E-state index is 12.3. The number of amides is 1. The zero-order valence-corrected chi connectivity index (χ0v) is 15.0. The molecule has 0 unspecified atom stereocenters. The van der Waals surface area contributed by atoms with Crippen molar-refractivity contribution in [1.29, 1.82) is 0 Å². The molecule has 1 aromatic heterocycles. The van der Waals surface area contributed by atoms with E-state index in [1.54, 1.807) is 12.1 Å². The second-order valence-corrected chi connectivity index (χ2v) is 7.25. The lowest BCUT2D eigenvalue weighted by atomic mass is 10.1. The molecule has 25 heavy (non-hydrogen) atoms.